The summed E-state index contributed by atoms with van der Waals surface area (Å²) in [5.41, 5.74) is 1.78. The smallest absolute Gasteiger partial charge is 0.129 e. The van der Waals surface area contributed by atoms with E-state index in [0.29, 0.717) is 18.1 Å². The van der Waals surface area contributed by atoms with Crippen LogP contribution in [0.1, 0.15) is 31.9 Å². The van der Waals surface area contributed by atoms with E-state index in [1.54, 1.807) is 20.1 Å². The van der Waals surface area contributed by atoms with Crippen molar-refractivity contribution in [1.29, 1.82) is 0 Å². The van der Waals surface area contributed by atoms with Gasteiger partial charge in [-0.2, -0.15) is 0 Å². The number of rotatable bonds is 6. The minimum atomic E-state index is -0.564. The first-order chi connectivity index (χ1) is 8.08. The van der Waals surface area contributed by atoms with Crippen molar-refractivity contribution in [3.05, 3.63) is 35.9 Å². The quantitative estimate of drug-likeness (QED) is 0.771. The van der Waals surface area contributed by atoms with Crippen LogP contribution in [0.3, 0.4) is 0 Å². The molecular weight excluding hydrogens is 216 g/mol. The van der Waals surface area contributed by atoms with Crippen LogP contribution in [0.15, 0.2) is 30.4 Å². The van der Waals surface area contributed by atoms with Crippen LogP contribution in [0, 0.1) is 0 Å². The molecule has 0 aliphatic carbocycles. The largest absolute Gasteiger partial charge is 0.497 e. The summed E-state index contributed by atoms with van der Waals surface area (Å²) in [4.78, 5) is 0. The predicted octanol–water partition coefficient (Wildman–Crippen LogP) is 3.09. The molecule has 1 aromatic carbocycles. The number of methoxy groups -OCH3 is 1. The molecule has 0 heterocycles. The highest BCUT2D eigenvalue weighted by Crippen LogP contribution is 2.29. The van der Waals surface area contributed by atoms with E-state index >= 15 is 0 Å². The summed E-state index contributed by atoms with van der Waals surface area (Å²) in [6, 6.07) is 5.40. The molecule has 0 saturated carbocycles. The zero-order valence-electron chi connectivity index (χ0n) is 10.7. The predicted molar refractivity (Wildman–Crippen MR) is 68.6 cm³/mol. The molecule has 94 valence electrons. The van der Waals surface area contributed by atoms with Crippen LogP contribution in [0.2, 0.25) is 0 Å². The van der Waals surface area contributed by atoms with Crippen molar-refractivity contribution >= 4 is 0 Å². The second kappa shape index (κ2) is 6.30. The van der Waals surface area contributed by atoms with Crippen molar-refractivity contribution in [2.75, 3.05) is 13.7 Å². The van der Waals surface area contributed by atoms with Gasteiger partial charge in [0, 0.05) is 11.6 Å². The Labute approximate surface area is 103 Å². The molecule has 0 aromatic heterocycles. The van der Waals surface area contributed by atoms with Crippen LogP contribution in [-0.4, -0.2) is 18.8 Å². The van der Waals surface area contributed by atoms with E-state index in [4.69, 9.17) is 9.47 Å². The van der Waals surface area contributed by atoms with Gasteiger partial charge in [-0.1, -0.05) is 13.5 Å². The molecule has 0 aliphatic rings. The zero-order chi connectivity index (χ0) is 12.8. The summed E-state index contributed by atoms with van der Waals surface area (Å²) in [6.07, 6.45) is 0.319. The summed E-state index contributed by atoms with van der Waals surface area (Å²) in [5, 5.41) is 9.65. The van der Waals surface area contributed by atoms with Gasteiger partial charge >= 0.3 is 0 Å². The molecule has 0 saturated heterocycles. The molecule has 17 heavy (non-hydrogen) atoms. The molecule has 0 aliphatic heterocycles. The minimum absolute atomic E-state index is 0.462. The maximum atomic E-state index is 9.65. The van der Waals surface area contributed by atoms with Crippen molar-refractivity contribution < 1.29 is 14.6 Å². The summed E-state index contributed by atoms with van der Waals surface area (Å²) in [5.74, 6) is 1.36. The summed E-state index contributed by atoms with van der Waals surface area (Å²) < 4.78 is 10.8. The second-order valence-corrected chi connectivity index (χ2v) is 3.97. The lowest BCUT2D eigenvalue weighted by molar-refractivity contribution is 0.192. The normalized spacial score (nSPS) is 12.0. The van der Waals surface area contributed by atoms with Crippen LogP contribution in [-0.2, 0) is 0 Å². The standard InChI is InChI=1S/C14H20O3/c1-5-10(2)9-17-14-8-12(16-4)6-7-13(14)11(3)15/h6-8,11,15H,2,5,9H2,1,3-4H3/t11-/m1/s1. The SMILES string of the molecule is C=C(CC)COc1cc(OC)ccc1[C@@H](C)O. The first-order valence-corrected chi connectivity index (χ1v) is 5.74. The van der Waals surface area contributed by atoms with Crippen molar-refractivity contribution in [2.24, 2.45) is 0 Å². The lowest BCUT2D eigenvalue weighted by atomic mass is 10.1. The van der Waals surface area contributed by atoms with E-state index in [2.05, 4.69) is 6.58 Å². The number of aliphatic hydroxyl groups excluding tert-OH is 1. The van der Waals surface area contributed by atoms with Crippen molar-refractivity contribution in [2.45, 2.75) is 26.4 Å². The highest BCUT2D eigenvalue weighted by atomic mass is 16.5. The molecule has 0 bridgehead atoms. The molecule has 0 amide bonds. The van der Waals surface area contributed by atoms with Gasteiger partial charge in [-0.05, 0) is 31.1 Å². The fraction of sp³-hybridized carbons (Fsp3) is 0.429. The molecule has 0 radical (unpaired) electrons. The third kappa shape index (κ3) is 3.79. The van der Waals surface area contributed by atoms with Crippen LogP contribution in [0.4, 0.5) is 0 Å². The zero-order valence-corrected chi connectivity index (χ0v) is 10.7. The number of hydrogen-bond donors (Lipinski definition) is 1. The molecule has 1 aromatic rings. The molecule has 1 atom stereocenters. The lowest BCUT2D eigenvalue weighted by Gasteiger charge is -2.15. The van der Waals surface area contributed by atoms with Crippen molar-refractivity contribution in [3.8, 4) is 11.5 Å². The van der Waals surface area contributed by atoms with Gasteiger partial charge in [0.05, 0.1) is 13.2 Å². The molecular formula is C14H20O3. The summed E-state index contributed by atoms with van der Waals surface area (Å²) >= 11 is 0. The van der Waals surface area contributed by atoms with Crippen LogP contribution >= 0.6 is 0 Å². The Morgan fingerprint density at radius 2 is 2.18 bits per heavy atom. The van der Waals surface area contributed by atoms with Gasteiger partial charge < -0.3 is 14.6 Å². The summed E-state index contributed by atoms with van der Waals surface area (Å²) in [6.45, 7) is 8.09. The van der Waals surface area contributed by atoms with E-state index in [-0.39, 0.29) is 0 Å². The maximum absolute atomic E-state index is 9.65. The molecule has 0 spiro atoms. The molecule has 1 N–H and O–H groups in total. The third-order valence-corrected chi connectivity index (χ3v) is 2.60. The molecule has 0 fully saturated rings. The van der Waals surface area contributed by atoms with Crippen LogP contribution in [0.25, 0.3) is 0 Å². The van der Waals surface area contributed by atoms with E-state index < -0.39 is 6.10 Å². The van der Waals surface area contributed by atoms with Gasteiger partial charge in [-0.25, -0.2) is 0 Å². The highest BCUT2D eigenvalue weighted by molar-refractivity contribution is 5.42. The Balaban J connectivity index is 2.89. The lowest BCUT2D eigenvalue weighted by Crippen LogP contribution is -2.04. The monoisotopic (exact) mass is 236 g/mol. The average Bonchev–Trinajstić information content (AvgIpc) is 2.35. The molecule has 0 unspecified atom stereocenters. The number of aliphatic hydroxyl groups is 1. The Morgan fingerprint density at radius 1 is 1.47 bits per heavy atom. The van der Waals surface area contributed by atoms with E-state index in [1.807, 2.05) is 19.1 Å². The van der Waals surface area contributed by atoms with Gasteiger partial charge in [-0.15, -0.1) is 0 Å². The first kappa shape index (κ1) is 13.6. The Kier molecular flexibility index (Phi) is 5.04. The number of hydrogen-bond acceptors (Lipinski definition) is 3. The van der Waals surface area contributed by atoms with Crippen LogP contribution < -0.4 is 9.47 Å². The topological polar surface area (TPSA) is 38.7 Å². The van der Waals surface area contributed by atoms with E-state index in [0.717, 1.165) is 17.6 Å². The van der Waals surface area contributed by atoms with Crippen molar-refractivity contribution in [1.82, 2.24) is 0 Å². The Bertz CT molecular complexity index is 383. The minimum Gasteiger partial charge on any atom is -0.497 e. The summed E-state index contributed by atoms with van der Waals surface area (Å²) in [7, 11) is 1.60. The fourth-order valence-electron chi connectivity index (χ4n) is 1.39. The Morgan fingerprint density at radius 3 is 2.71 bits per heavy atom. The first-order valence-electron chi connectivity index (χ1n) is 5.74. The molecule has 3 nitrogen and oxygen atoms in total. The second-order valence-electron chi connectivity index (χ2n) is 3.97. The number of ether oxygens (including phenoxy) is 2. The number of benzene rings is 1. The average molecular weight is 236 g/mol. The maximum Gasteiger partial charge on any atom is 0.129 e. The van der Waals surface area contributed by atoms with Crippen molar-refractivity contribution in [3.63, 3.8) is 0 Å². The van der Waals surface area contributed by atoms with E-state index in [1.165, 1.54) is 0 Å². The Hall–Kier alpha value is -1.48. The van der Waals surface area contributed by atoms with Gasteiger partial charge in [0.15, 0.2) is 0 Å². The van der Waals surface area contributed by atoms with Gasteiger partial charge in [0.25, 0.3) is 0 Å². The van der Waals surface area contributed by atoms with E-state index in [9.17, 15) is 5.11 Å². The van der Waals surface area contributed by atoms with Gasteiger partial charge in [-0.3, -0.25) is 0 Å². The van der Waals surface area contributed by atoms with Gasteiger partial charge in [0.1, 0.15) is 18.1 Å². The fourth-order valence-corrected chi connectivity index (χ4v) is 1.39. The highest BCUT2D eigenvalue weighted by Gasteiger charge is 2.10. The molecule has 3 heteroatoms. The van der Waals surface area contributed by atoms with Gasteiger partial charge in [0.2, 0.25) is 0 Å². The molecule has 1 rings (SSSR count). The van der Waals surface area contributed by atoms with Crippen LogP contribution in [0.5, 0.6) is 11.5 Å². The third-order valence-electron chi connectivity index (χ3n) is 2.60.